The maximum atomic E-state index is 12.9. The first-order valence-corrected chi connectivity index (χ1v) is 6.22. The maximum absolute atomic E-state index is 12.9. The molecule has 8 nitrogen and oxygen atoms in total. The molecule has 0 saturated heterocycles. The fourth-order valence-electron chi connectivity index (χ4n) is 1.21. The molecule has 0 aliphatic carbocycles. The molecule has 0 bridgehead atoms. The van der Waals surface area contributed by atoms with Crippen LogP contribution in [0.3, 0.4) is 0 Å². The van der Waals surface area contributed by atoms with Gasteiger partial charge < -0.3 is 10.2 Å². The van der Waals surface area contributed by atoms with Crippen LogP contribution in [0.15, 0.2) is 23.4 Å². The molecular formula is C9H9FN2O6S. The Bertz CT molecular complexity index is 586. The maximum Gasteiger partial charge on any atom is 0.318 e. The van der Waals surface area contributed by atoms with Crippen LogP contribution in [0, 0.1) is 5.82 Å². The quantitative estimate of drug-likeness (QED) is 0.715. The van der Waals surface area contributed by atoms with E-state index in [1.54, 1.807) is 0 Å². The van der Waals surface area contributed by atoms with Gasteiger partial charge in [0.1, 0.15) is 23.8 Å². The van der Waals surface area contributed by atoms with Gasteiger partial charge in [-0.15, -0.1) is 0 Å². The molecule has 10 heteroatoms. The molecule has 0 aliphatic heterocycles. The number of hydrogen-bond donors (Lipinski definition) is 2. The normalized spacial score (nSPS) is 11.5. The van der Waals surface area contributed by atoms with Crippen LogP contribution < -0.4 is 0 Å². The van der Waals surface area contributed by atoms with Crippen LogP contribution in [0.1, 0.15) is 0 Å². The topological polar surface area (TPSA) is 125 Å². The Morgan fingerprint density at radius 1 is 1.21 bits per heavy atom. The van der Waals surface area contributed by atoms with Crippen molar-refractivity contribution < 1.29 is 32.6 Å². The third-order valence-corrected chi connectivity index (χ3v) is 3.70. The van der Waals surface area contributed by atoms with Gasteiger partial charge in [0.15, 0.2) is 0 Å². The van der Waals surface area contributed by atoms with E-state index in [-0.39, 0.29) is 4.31 Å². The second-order valence-corrected chi connectivity index (χ2v) is 5.34. The molecule has 0 spiro atoms. The highest BCUT2D eigenvalue weighted by Crippen LogP contribution is 2.15. The number of carboxylic acid groups (broad SMARTS) is 2. The van der Waals surface area contributed by atoms with Crippen LogP contribution in [-0.4, -0.2) is 52.9 Å². The van der Waals surface area contributed by atoms with E-state index in [2.05, 4.69) is 4.98 Å². The van der Waals surface area contributed by atoms with E-state index in [1.807, 2.05) is 0 Å². The highest BCUT2D eigenvalue weighted by Gasteiger charge is 2.29. The summed E-state index contributed by atoms with van der Waals surface area (Å²) in [6, 6.07) is 0.624. The molecule has 19 heavy (non-hydrogen) atoms. The van der Waals surface area contributed by atoms with Crippen LogP contribution >= 0.6 is 0 Å². The Kier molecular flexibility index (Phi) is 4.51. The minimum Gasteiger partial charge on any atom is -0.480 e. The summed E-state index contributed by atoms with van der Waals surface area (Å²) in [6.45, 7) is -2.10. The van der Waals surface area contributed by atoms with Crippen LogP contribution in [0.25, 0.3) is 0 Å². The minimum atomic E-state index is -4.44. The smallest absolute Gasteiger partial charge is 0.318 e. The lowest BCUT2D eigenvalue weighted by Crippen LogP contribution is -2.39. The summed E-state index contributed by atoms with van der Waals surface area (Å²) in [6.07, 6.45) is 1.56. The molecule has 0 atom stereocenters. The highest BCUT2D eigenvalue weighted by molar-refractivity contribution is 7.89. The van der Waals surface area contributed by atoms with Crippen molar-refractivity contribution in [3.05, 3.63) is 24.3 Å². The van der Waals surface area contributed by atoms with Crippen molar-refractivity contribution in [3.8, 4) is 0 Å². The van der Waals surface area contributed by atoms with Gasteiger partial charge in [-0.1, -0.05) is 0 Å². The number of carbonyl (C=O) groups is 2. The first kappa shape index (κ1) is 15.0. The van der Waals surface area contributed by atoms with Gasteiger partial charge in [-0.25, -0.2) is 12.8 Å². The molecule has 0 fully saturated rings. The molecule has 0 aromatic carbocycles. The number of aromatic nitrogens is 1. The zero-order valence-electron chi connectivity index (χ0n) is 9.35. The van der Waals surface area contributed by atoms with Crippen LogP contribution in [0.5, 0.6) is 0 Å². The van der Waals surface area contributed by atoms with Gasteiger partial charge in [-0.3, -0.25) is 14.6 Å². The molecule has 0 radical (unpaired) electrons. The van der Waals surface area contributed by atoms with E-state index in [4.69, 9.17) is 10.2 Å². The molecule has 0 saturated carbocycles. The molecule has 0 unspecified atom stereocenters. The largest absolute Gasteiger partial charge is 0.480 e. The Morgan fingerprint density at radius 3 is 2.16 bits per heavy atom. The lowest BCUT2D eigenvalue weighted by molar-refractivity contribution is -0.139. The predicted octanol–water partition coefficient (Wildman–Crippen LogP) is -0.619. The molecule has 0 aliphatic rings. The Balaban J connectivity index is 3.18. The summed E-state index contributed by atoms with van der Waals surface area (Å²) in [5.74, 6) is -4.00. The predicted molar refractivity (Wildman–Crippen MR) is 58.2 cm³/mol. The SMILES string of the molecule is O=C(O)CN(CC(=O)O)S(=O)(=O)c1cncc(F)c1. The zero-order chi connectivity index (χ0) is 14.6. The van der Waals surface area contributed by atoms with Gasteiger partial charge in [0.2, 0.25) is 10.0 Å². The van der Waals surface area contributed by atoms with Crippen LogP contribution in [-0.2, 0) is 19.6 Å². The van der Waals surface area contributed by atoms with E-state index in [0.717, 1.165) is 12.4 Å². The van der Waals surface area contributed by atoms with E-state index in [9.17, 15) is 22.4 Å². The van der Waals surface area contributed by atoms with E-state index < -0.39 is 45.8 Å². The molecular weight excluding hydrogens is 283 g/mol. The first-order chi connectivity index (χ1) is 8.73. The summed E-state index contributed by atoms with van der Waals surface area (Å²) in [4.78, 5) is 23.8. The van der Waals surface area contributed by atoms with Crippen LogP contribution in [0.4, 0.5) is 4.39 Å². The second kappa shape index (κ2) is 5.71. The fourth-order valence-corrected chi connectivity index (χ4v) is 2.52. The number of halogens is 1. The summed E-state index contributed by atoms with van der Waals surface area (Å²) >= 11 is 0. The number of hydrogen-bond acceptors (Lipinski definition) is 5. The Labute approximate surface area is 107 Å². The Hall–Kier alpha value is -2.07. The summed E-state index contributed by atoms with van der Waals surface area (Å²) in [5.41, 5.74) is 0. The first-order valence-electron chi connectivity index (χ1n) is 4.78. The summed E-state index contributed by atoms with van der Waals surface area (Å²) < 4.78 is 37.0. The van der Waals surface area contributed by atoms with Crippen molar-refractivity contribution in [1.82, 2.24) is 9.29 Å². The molecule has 1 aromatic heterocycles. The van der Waals surface area contributed by atoms with Gasteiger partial charge in [0.25, 0.3) is 0 Å². The van der Waals surface area contributed by atoms with Gasteiger partial charge in [0.05, 0.1) is 6.20 Å². The van der Waals surface area contributed by atoms with Gasteiger partial charge in [-0.2, -0.15) is 4.31 Å². The fraction of sp³-hybridized carbons (Fsp3) is 0.222. The number of rotatable bonds is 6. The number of aliphatic carboxylic acids is 2. The highest BCUT2D eigenvalue weighted by atomic mass is 32.2. The van der Waals surface area contributed by atoms with E-state index >= 15 is 0 Å². The average molecular weight is 292 g/mol. The van der Waals surface area contributed by atoms with Gasteiger partial charge in [-0.05, 0) is 6.07 Å². The van der Waals surface area contributed by atoms with Crippen molar-refractivity contribution in [2.45, 2.75) is 4.90 Å². The lowest BCUT2D eigenvalue weighted by Gasteiger charge is -2.17. The molecule has 1 heterocycles. The van der Waals surface area contributed by atoms with Crippen molar-refractivity contribution in [2.75, 3.05) is 13.1 Å². The number of nitrogens with zero attached hydrogens (tertiary/aromatic N) is 2. The van der Waals surface area contributed by atoms with E-state index in [0.29, 0.717) is 6.07 Å². The molecule has 0 amide bonds. The zero-order valence-corrected chi connectivity index (χ0v) is 10.2. The Morgan fingerprint density at radius 2 is 1.74 bits per heavy atom. The molecule has 104 valence electrons. The number of carboxylic acids is 2. The monoisotopic (exact) mass is 292 g/mol. The number of pyridine rings is 1. The van der Waals surface area contributed by atoms with Crippen molar-refractivity contribution in [3.63, 3.8) is 0 Å². The van der Waals surface area contributed by atoms with Gasteiger partial charge in [0, 0.05) is 6.20 Å². The van der Waals surface area contributed by atoms with E-state index in [1.165, 1.54) is 0 Å². The third-order valence-electron chi connectivity index (χ3n) is 1.94. The van der Waals surface area contributed by atoms with Crippen molar-refractivity contribution in [1.29, 1.82) is 0 Å². The minimum absolute atomic E-state index is 0.202. The summed E-state index contributed by atoms with van der Waals surface area (Å²) in [7, 11) is -4.44. The summed E-state index contributed by atoms with van der Waals surface area (Å²) in [5, 5.41) is 17.1. The molecule has 1 aromatic rings. The number of sulfonamides is 1. The second-order valence-electron chi connectivity index (χ2n) is 3.40. The molecule has 2 N–H and O–H groups in total. The average Bonchev–Trinajstić information content (AvgIpc) is 2.26. The standard InChI is InChI=1S/C9H9FN2O6S/c10-6-1-7(3-11-2-6)19(17,18)12(4-8(13)14)5-9(15)16/h1-3H,4-5H2,(H,13,14)(H,15,16). The van der Waals surface area contributed by atoms with Crippen LogP contribution in [0.2, 0.25) is 0 Å². The third kappa shape index (κ3) is 3.96. The molecule has 1 rings (SSSR count). The van der Waals surface area contributed by atoms with Gasteiger partial charge >= 0.3 is 11.9 Å². The lowest BCUT2D eigenvalue weighted by atomic mass is 10.5. The van der Waals surface area contributed by atoms with Crippen molar-refractivity contribution in [2.24, 2.45) is 0 Å². The van der Waals surface area contributed by atoms with Crippen molar-refractivity contribution >= 4 is 22.0 Å².